The van der Waals surface area contributed by atoms with Crippen molar-refractivity contribution in [1.29, 1.82) is 0 Å². The van der Waals surface area contributed by atoms with E-state index in [2.05, 4.69) is 31.1 Å². The predicted molar refractivity (Wildman–Crippen MR) is 123 cm³/mol. The number of aryl methyl sites for hydroxylation is 1. The topological polar surface area (TPSA) is 99.4 Å². The summed E-state index contributed by atoms with van der Waals surface area (Å²) in [5, 5.41) is 11.6. The number of hydrogen-bond acceptors (Lipinski definition) is 5. The van der Waals surface area contributed by atoms with Crippen LogP contribution in [-0.4, -0.2) is 59.8 Å². The van der Waals surface area contributed by atoms with Crippen molar-refractivity contribution in [2.75, 3.05) is 13.1 Å². The summed E-state index contributed by atoms with van der Waals surface area (Å²) in [6, 6.07) is 8.50. The number of fused-ring (bicyclic) bond motifs is 1. The number of aromatic nitrogens is 5. The lowest BCUT2D eigenvalue weighted by Crippen LogP contribution is -2.32. The number of hydrogen-bond donors (Lipinski definition) is 2. The predicted octanol–water partition coefficient (Wildman–Crippen LogP) is 4.58. The second-order valence-electron chi connectivity index (χ2n) is 8.59. The first-order valence-corrected chi connectivity index (χ1v) is 11.2. The van der Waals surface area contributed by atoms with Crippen LogP contribution in [0.3, 0.4) is 0 Å². The van der Waals surface area contributed by atoms with E-state index in [0.717, 1.165) is 60.9 Å². The third kappa shape index (κ3) is 6.25. The monoisotopic (exact) mass is 504 g/mol. The first-order valence-electron chi connectivity index (χ1n) is 11.2. The number of aliphatic carboxylic acids is 1. The third-order valence-corrected chi connectivity index (χ3v) is 5.86. The van der Waals surface area contributed by atoms with Crippen LogP contribution in [0.15, 0.2) is 48.9 Å². The number of halogens is 4. The second-order valence-corrected chi connectivity index (χ2v) is 8.59. The molecule has 8 nitrogen and oxygen atoms in total. The number of carboxylic acids is 1. The minimum Gasteiger partial charge on any atom is -0.475 e. The SMILES string of the molecule is Cc1cc2ncc(CN3CCC(c4ncc(-c5ccc(F)cc5)[nH]4)CC3)cn2n1.O=C(O)C(F)(F)F. The summed E-state index contributed by atoms with van der Waals surface area (Å²) in [5.41, 5.74) is 4.94. The Morgan fingerprint density at radius 3 is 2.44 bits per heavy atom. The van der Waals surface area contributed by atoms with E-state index < -0.39 is 12.1 Å². The second kappa shape index (κ2) is 10.4. The number of carbonyl (C=O) groups is 1. The Hall–Kier alpha value is -3.80. The highest BCUT2D eigenvalue weighted by molar-refractivity contribution is 5.73. The van der Waals surface area contributed by atoms with Crippen LogP contribution < -0.4 is 0 Å². The number of H-pyrrole nitrogens is 1. The summed E-state index contributed by atoms with van der Waals surface area (Å²) in [4.78, 5) is 23.9. The van der Waals surface area contributed by atoms with Crippen LogP contribution >= 0.6 is 0 Å². The number of likely N-dealkylation sites (tertiary alicyclic amines) is 1. The molecule has 0 radical (unpaired) electrons. The smallest absolute Gasteiger partial charge is 0.475 e. The Morgan fingerprint density at radius 1 is 1.14 bits per heavy atom. The zero-order chi connectivity index (χ0) is 25.9. The maximum atomic E-state index is 13.1. The number of nitrogens with one attached hydrogen (secondary N) is 1. The van der Waals surface area contributed by atoms with Gasteiger partial charge in [-0.2, -0.15) is 18.3 Å². The van der Waals surface area contributed by atoms with E-state index in [1.165, 1.54) is 17.7 Å². The molecule has 12 heteroatoms. The van der Waals surface area contributed by atoms with Gasteiger partial charge in [0, 0.05) is 36.5 Å². The van der Waals surface area contributed by atoms with E-state index in [1.54, 1.807) is 12.1 Å². The molecule has 4 aromatic rings. The van der Waals surface area contributed by atoms with Crippen molar-refractivity contribution in [1.82, 2.24) is 29.5 Å². The fourth-order valence-electron chi connectivity index (χ4n) is 4.06. The van der Waals surface area contributed by atoms with Crippen LogP contribution in [0.25, 0.3) is 16.9 Å². The van der Waals surface area contributed by atoms with Gasteiger partial charge in [0.2, 0.25) is 0 Å². The quantitative estimate of drug-likeness (QED) is 0.395. The average Bonchev–Trinajstić information content (AvgIpc) is 3.46. The Kier molecular flexibility index (Phi) is 7.34. The molecule has 2 N–H and O–H groups in total. The van der Waals surface area contributed by atoms with Crippen LogP contribution in [0, 0.1) is 12.7 Å². The molecule has 1 aliphatic rings. The molecule has 0 atom stereocenters. The lowest BCUT2D eigenvalue weighted by molar-refractivity contribution is -0.192. The summed E-state index contributed by atoms with van der Waals surface area (Å²) in [6.07, 6.45) is 2.91. The molecule has 5 rings (SSSR count). The Bertz CT molecular complexity index is 1320. The zero-order valence-corrected chi connectivity index (χ0v) is 19.3. The summed E-state index contributed by atoms with van der Waals surface area (Å²) in [5.74, 6) is -1.53. The fraction of sp³-hybridized carbons (Fsp3) is 0.333. The first kappa shape index (κ1) is 25.3. The van der Waals surface area contributed by atoms with Crippen LogP contribution in [0.1, 0.15) is 35.8 Å². The molecular weight excluding hydrogens is 480 g/mol. The first-order chi connectivity index (χ1) is 17.1. The number of imidazole rings is 1. The van der Waals surface area contributed by atoms with Crippen molar-refractivity contribution in [2.24, 2.45) is 0 Å². The van der Waals surface area contributed by atoms with E-state index in [1.807, 2.05) is 29.9 Å². The van der Waals surface area contributed by atoms with E-state index in [0.29, 0.717) is 5.92 Å². The highest BCUT2D eigenvalue weighted by atomic mass is 19.4. The largest absolute Gasteiger partial charge is 0.490 e. The van der Waals surface area contributed by atoms with Gasteiger partial charge in [0.1, 0.15) is 11.6 Å². The van der Waals surface area contributed by atoms with Gasteiger partial charge in [0.05, 0.1) is 17.6 Å². The van der Waals surface area contributed by atoms with Gasteiger partial charge in [-0.1, -0.05) is 0 Å². The highest BCUT2D eigenvalue weighted by Gasteiger charge is 2.38. The molecule has 0 aliphatic carbocycles. The van der Waals surface area contributed by atoms with E-state index in [4.69, 9.17) is 9.90 Å². The van der Waals surface area contributed by atoms with Crippen molar-refractivity contribution in [3.8, 4) is 11.3 Å². The van der Waals surface area contributed by atoms with Gasteiger partial charge in [-0.15, -0.1) is 0 Å². The number of rotatable bonds is 4. The maximum Gasteiger partial charge on any atom is 0.490 e. The molecule has 1 aliphatic heterocycles. The minimum absolute atomic E-state index is 0.224. The molecule has 1 fully saturated rings. The van der Waals surface area contributed by atoms with Crippen LogP contribution in [0.2, 0.25) is 0 Å². The Labute approximate surface area is 203 Å². The van der Waals surface area contributed by atoms with Crippen LogP contribution in [0.5, 0.6) is 0 Å². The van der Waals surface area contributed by atoms with Crippen molar-refractivity contribution in [3.05, 3.63) is 71.8 Å². The lowest BCUT2D eigenvalue weighted by Gasteiger charge is -2.31. The molecule has 36 heavy (non-hydrogen) atoms. The van der Waals surface area contributed by atoms with Gasteiger partial charge in [-0.25, -0.2) is 23.7 Å². The Morgan fingerprint density at radius 2 is 1.81 bits per heavy atom. The molecule has 0 unspecified atom stereocenters. The molecule has 0 saturated carbocycles. The fourth-order valence-corrected chi connectivity index (χ4v) is 4.06. The standard InChI is InChI=1S/C22H23FN6.C2HF3O2/c1-15-10-21-24-11-16(14-29(21)27-15)13-28-8-6-18(7-9-28)22-25-12-20(26-22)17-2-4-19(23)5-3-17;3-2(4,5)1(6)7/h2-5,10-12,14,18H,6-9,13H2,1H3,(H,25,26);(H,6,7). The summed E-state index contributed by atoms with van der Waals surface area (Å²) < 4.78 is 46.7. The van der Waals surface area contributed by atoms with Crippen molar-refractivity contribution < 1.29 is 27.5 Å². The summed E-state index contributed by atoms with van der Waals surface area (Å²) in [6.45, 7) is 4.91. The molecule has 0 spiro atoms. The number of piperidine rings is 1. The van der Waals surface area contributed by atoms with Crippen molar-refractivity contribution >= 4 is 11.6 Å². The lowest BCUT2D eigenvalue weighted by atomic mass is 9.96. The van der Waals surface area contributed by atoms with Gasteiger partial charge in [-0.3, -0.25) is 4.90 Å². The van der Waals surface area contributed by atoms with Crippen molar-refractivity contribution in [3.63, 3.8) is 0 Å². The summed E-state index contributed by atoms with van der Waals surface area (Å²) >= 11 is 0. The zero-order valence-electron chi connectivity index (χ0n) is 19.3. The van der Waals surface area contributed by atoms with Crippen LogP contribution in [0.4, 0.5) is 17.6 Å². The van der Waals surface area contributed by atoms with Crippen LogP contribution in [-0.2, 0) is 11.3 Å². The number of aromatic amines is 1. The molecule has 4 heterocycles. The highest BCUT2D eigenvalue weighted by Crippen LogP contribution is 2.28. The molecule has 190 valence electrons. The van der Waals surface area contributed by atoms with Crippen molar-refractivity contribution in [2.45, 2.75) is 38.4 Å². The third-order valence-electron chi connectivity index (χ3n) is 5.86. The summed E-state index contributed by atoms with van der Waals surface area (Å²) in [7, 11) is 0. The molecule has 1 aromatic carbocycles. The van der Waals surface area contributed by atoms with E-state index in [-0.39, 0.29) is 5.82 Å². The normalized spacial score (nSPS) is 15.0. The molecular formula is C24H24F4N6O2. The number of alkyl halides is 3. The van der Waals surface area contributed by atoms with E-state index in [9.17, 15) is 17.6 Å². The average molecular weight is 504 g/mol. The number of nitrogens with zero attached hydrogens (tertiary/aromatic N) is 5. The Balaban J connectivity index is 0.000000384. The van der Waals surface area contributed by atoms with Gasteiger partial charge in [0.25, 0.3) is 0 Å². The molecule has 1 saturated heterocycles. The molecule has 0 amide bonds. The van der Waals surface area contributed by atoms with Gasteiger partial charge in [-0.05, 0) is 62.7 Å². The molecule has 0 bridgehead atoms. The maximum absolute atomic E-state index is 13.1. The van der Waals surface area contributed by atoms with E-state index >= 15 is 0 Å². The molecule has 3 aromatic heterocycles. The van der Waals surface area contributed by atoms with Gasteiger partial charge >= 0.3 is 12.1 Å². The minimum atomic E-state index is -5.08. The van der Waals surface area contributed by atoms with Gasteiger partial charge in [0.15, 0.2) is 5.65 Å². The number of carboxylic acid groups (broad SMARTS) is 1. The number of benzene rings is 1. The van der Waals surface area contributed by atoms with Gasteiger partial charge < -0.3 is 10.1 Å².